The average Bonchev–Trinajstić information content (AvgIpc) is 2.85. The van der Waals surface area contributed by atoms with E-state index in [0.717, 1.165) is 44.4 Å². The van der Waals surface area contributed by atoms with Gasteiger partial charge in [-0.25, -0.2) is 0 Å². The largest absolute Gasteiger partial charge is 0.389 e. The van der Waals surface area contributed by atoms with E-state index in [1.54, 1.807) is 0 Å². The summed E-state index contributed by atoms with van der Waals surface area (Å²) in [4.78, 5) is 0. The van der Waals surface area contributed by atoms with Gasteiger partial charge in [0.15, 0.2) is 0 Å². The zero-order valence-electron chi connectivity index (χ0n) is 12.7. The Morgan fingerprint density at radius 2 is 2.05 bits per heavy atom. The molecule has 112 valence electrons. The van der Waals surface area contributed by atoms with Crippen molar-refractivity contribution in [2.45, 2.75) is 76.9 Å². The van der Waals surface area contributed by atoms with Crippen LogP contribution in [0.5, 0.6) is 0 Å². The van der Waals surface area contributed by atoms with E-state index in [1.807, 2.05) is 0 Å². The van der Waals surface area contributed by atoms with Gasteiger partial charge in [-0.2, -0.15) is 0 Å². The van der Waals surface area contributed by atoms with Crippen molar-refractivity contribution >= 4 is 0 Å². The monoisotopic (exact) mass is 269 g/mol. The van der Waals surface area contributed by atoms with Gasteiger partial charge < -0.3 is 15.6 Å². The normalized spacial score (nSPS) is 43.6. The Bertz CT molecular complexity index is 294. The molecule has 4 unspecified atom stereocenters. The van der Waals surface area contributed by atoms with E-state index in [4.69, 9.17) is 10.5 Å². The molecular weight excluding hydrogens is 238 g/mol. The number of hydrogen-bond acceptors (Lipinski definition) is 3. The van der Waals surface area contributed by atoms with Crippen molar-refractivity contribution in [1.29, 1.82) is 0 Å². The van der Waals surface area contributed by atoms with E-state index in [1.165, 1.54) is 12.8 Å². The van der Waals surface area contributed by atoms with Gasteiger partial charge in [0.05, 0.1) is 11.7 Å². The smallest absolute Gasteiger partial charge is 0.0762 e. The predicted molar refractivity (Wildman–Crippen MR) is 78.0 cm³/mol. The van der Waals surface area contributed by atoms with Gasteiger partial charge in [-0.1, -0.05) is 26.7 Å². The van der Waals surface area contributed by atoms with Gasteiger partial charge >= 0.3 is 0 Å². The van der Waals surface area contributed by atoms with Crippen LogP contribution in [0.25, 0.3) is 0 Å². The standard InChI is InChI=1S/C16H31NO2/c1-3-5-14-11-16(18,8-9-19-14)15(12-17)7-6-13(4-2)10-15/h13-14,18H,3-12,17H2,1-2H3. The van der Waals surface area contributed by atoms with Crippen molar-refractivity contribution in [2.24, 2.45) is 17.1 Å². The predicted octanol–water partition coefficient (Wildman–Crippen LogP) is 2.85. The highest BCUT2D eigenvalue weighted by Crippen LogP contribution is 2.53. The number of hydrogen-bond donors (Lipinski definition) is 2. The average molecular weight is 269 g/mol. The Balaban J connectivity index is 2.12. The van der Waals surface area contributed by atoms with Crippen LogP contribution >= 0.6 is 0 Å². The summed E-state index contributed by atoms with van der Waals surface area (Å²) >= 11 is 0. The molecule has 0 amide bonds. The molecule has 0 spiro atoms. The summed E-state index contributed by atoms with van der Waals surface area (Å²) in [6, 6.07) is 0. The van der Waals surface area contributed by atoms with E-state index < -0.39 is 5.60 Å². The minimum atomic E-state index is -0.593. The molecular formula is C16H31NO2. The van der Waals surface area contributed by atoms with E-state index >= 15 is 0 Å². The van der Waals surface area contributed by atoms with Crippen LogP contribution in [0.1, 0.15) is 65.2 Å². The maximum atomic E-state index is 11.3. The molecule has 0 radical (unpaired) electrons. The van der Waals surface area contributed by atoms with Crippen molar-refractivity contribution in [3.8, 4) is 0 Å². The van der Waals surface area contributed by atoms with Crippen LogP contribution in [-0.2, 0) is 4.74 Å². The van der Waals surface area contributed by atoms with Crippen LogP contribution in [0.15, 0.2) is 0 Å². The zero-order chi connectivity index (χ0) is 13.9. The highest BCUT2D eigenvalue weighted by atomic mass is 16.5. The van der Waals surface area contributed by atoms with Crippen LogP contribution in [0.3, 0.4) is 0 Å². The molecule has 3 nitrogen and oxygen atoms in total. The minimum Gasteiger partial charge on any atom is -0.389 e. The molecule has 3 N–H and O–H groups in total. The van der Waals surface area contributed by atoms with Crippen LogP contribution < -0.4 is 5.73 Å². The summed E-state index contributed by atoms with van der Waals surface area (Å²) in [5.41, 5.74) is 5.47. The summed E-state index contributed by atoms with van der Waals surface area (Å²) in [7, 11) is 0. The number of ether oxygens (including phenoxy) is 1. The van der Waals surface area contributed by atoms with Gasteiger partial charge in [-0.15, -0.1) is 0 Å². The molecule has 1 aliphatic carbocycles. The lowest BCUT2D eigenvalue weighted by Crippen LogP contribution is -2.56. The fourth-order valence-electron chi connectivity index (χ4n) is 4.30. The third kappa shape index (κ3) is 2.84. The Kier molecular flexibility index (Phi) is 4.91. The first-order valence-corrected chi connectivity index (χ1v) is 8.13. The highest BCUT2D eigenvalue weighted by molar-refractivity contribution is 5.06. The summed E-state index contributed by atoms with van der Waals surface area (Å²) in [6.07, 6.45) is 8.60. The van der Waals surface area contributed by atoms with Crippen molar-refractivity contribution in [3.05, 3.63) is 0 Å². The molecule has 2 fully saturated rings. The molecule has 2 aliphatic rings. The molecule has 1 heterocycles. The van der Waals surface area contributed by atoms with Gasteiger partial charge in [0.25, 0.3) is 0 Å². The van der Waals surface area contributed by atoms with Gasteiger partial charge in [-0.05, 0) is 31.6 Å². The number of rotatable bonds is 5. The fourth-order valence-corrected chi connectivity index (χ4v) is 4.30. The molecule has 1 saturated carbocycles. The number of aliphatic hydroxyl groups is 1. The Morgan fingerprint density at radius 1 is 1.26 bits per heavy atom. The molecule has 19 heavy (non-hydrogen) atoms. The van der Waals surface area contributed by atoms with Crippen molar-refractivity contribution < 1.29 is 9.84 Å². The van der Waals surface area contributed by atoms with Crippen LogP contribution in [0, 0.1) is 11.3 Å². The Hall–Kier alpha value is -0.120. The molecule has 1 saturated heterocycles. The Labute approximate surface area is 117 Å². The second kappa shape index (κ2) is 6.11. The maximum Gasteiger partial charge on any atom is 0.0762 e. The molecule has 2 rings (SSSR count). The molecule has 3 heteroatoms. The third-order valence-electron chi connectivity index (χ3n) is 5.71. The molecule has 0 aromatic rings. The molecule has 0 aromatic carbocycles. The molecule has 4 atom stereocenters. The summed E-state index contributed by atoms with van der Waals surface area (Å²) in [5, 5.41) is 11.3. The SMILES string of the molecule is CCCC1CC(O)(C2(CN)CCC(CC)C2)CCO1. The lowest BCUT2D eigenvalue weighted by Gasteiger charge is -2.49. The minimum absolute atomic E-state index is 0.0521. The quantitative estimate of drug-likeness (QED) is 0.807. The van der Waals surface area contributed by atoms with Crippen molar-refractivity contribution in [3.63, 3.8) is 0 Å². The molecule has 1 aliphatic heterocycles. The maximum absolute atomic E-state index is 11.3. The van der Waals surface area contributed by atoms with E-state index in [2.05, 4.69) is 13.8 Å². The third-order valence-corrected chi connectivity index (χ3v) is 5.71. The van der Waals surface area contributed by atoms with Crippen molar-refractivity contribution in [1.82, 2.24) is 0 Å². The van der Waals surface area contributed by atoms with Crippen LogP contribution in [-0.4, -0.2) is 30.0 Å². The van der Waals surface area contributed by atoms with Gasteiger partial charge in [-0.3, -0.25) is 0 Å². The first-order chi connectivity index (χ1) is 9.09. The van der Waals surface area contributed by atoms with Gasteiger partial charge in [0, 0.05) is 31.4 Å². The van der Waals surface area contributed by atoms with Gasteiger partial charge in [0.2, 0.25) is 0 Å². The first kappa shape index (κ1) is 15.3. The summed E-state index contributed by atoms with van der Waals surface area (Å²) in [6.45, 7) is 5.75. The van der Waals surface area contributed by atoms with E-state index in [-0.39, 0.29) is 11.5 Å². The Morgan fingerprint density at radius 3 is 2.63 bits per heavy atom. The molecule has 0 bridgehead atoms. The van der Waals surface area contributed by atoms with Crippen LogP contribution in [0.2, 0.25) is 0 Å². The first-order valence-electron chi connectivity index (χ1n) is 8.13. The second-order valence-corrected chi connectivity index (χ2v) is 6.77. The fraction of sp³-hybridized carbons (Fsp3) is 1.00. The van der Waals surface area contributed by atoms with Crippen LogP contribution in [0.4, 0.5) is 0 Å². The number of nitrogens with two attached hydrogens (primary N) is 1. The lowest BCUT2D eigenvalue weighted by molar-refractivity contribution is -0.166. The molecule has 0 aromatic heterocycles. The lowest BCUT2D eigenvalue weighted by atomic mass is 9.65. The van der Waals surface area contributed by atoms with E-state index in [0.29, 0.717) is 13.2 Å². The van der Waals surface area contributed by atoms with Gasteiger partial charge in [0.1, 0.15) is 0 Å². The zero-order valence-corrected chi connectivity index (χ0v) is 12.7. The van der Waals surface area contributed by atoms with E-state index in [9.17, 15) is 5.11 Å². The van der Waals surface area contributed by atoms with Crippen molar-refractivity contribution in [2.75, 3.05) is 13.2 Å². The topological polar surface area (TPSA) is 55.5 Å². The highest BCUT2D eigenvalue weighted by Gasteiger charge is 2.54. The summed E-state index contributed by atoms with van der Waals surface area (Å²) in [5.74, 6) is 0.750. The second-order valence-electron chi connectivity index (χ2n) is 6.77. The summed E-state index contributed by atoms with van der Waals surface area (Å²) < 4.78 is 5.82.